The molecule has 1 fully saturated rings. The standard InChI is InChI=1S/C35H36N2O7S/c1-23-7-8-24(2)33(21-23)45(41,42)37-26-11-15-28(16-12-26)44-30-19-17-29(18-20-30)43-27-13-9-25(10-14-27)22-34(38)36-32-6-4-3-5-31(32)35(39)40/h3-10,13-14,17-21,26,28,37H,11-12,15-16,22H2,1-2H3,(H,36,38)(H,39,40). The van der Waals surface area contributed by atoms with Gasteiger partial charge in [-0.1, -0.05) is 36.4 Å². The summed E-state index contributed by atoms with van der Waals surface area (Å²) in [7, 11) is -3.58. The third kappa shape index (κ3) is 8.49. The van der Waals surface area contributed by atoms with Crippen LogP contribution in [0.1, 0.15) is 52.7 Å². The SMILES string of the molecule is Cc1ccc(C)c(S(=O)(=O)NC2CCC(Oc3ccc(Oc4ccc(CC(=O)Nc5ccccc5C(=O)O)cc4)cc3)CC2)c1. The maximum atomic E-state index is 13.0. The lowest BCUT2D eigenvalue weighted by atomic mass is 9.94. The molecule has 10 heteroatoms. The number of aromatic carboxylic acids is 1. The minimum Gasteiger partial charge on any atom is -0.490 e. The van der Waals surface area contributed by atoms with Crippen LogP contribution in [0.5, 0.6) is 17.2 Å². The van der Waals surface area contributed by atoms with Crippen molar-refractivity contribution >= 4 is 27.6 Å². The molecule has 0 unspecified atom stereocenters. The van der Waals surface area contributed by atoms with Gasteiger partial charge < -0.3 is 19.9 Å². The zero-order valence-corrected chi connectivity index (χ0v) is 26.0. The highest BCUT2D eigenvalue weighted by Crippen LogP contribution is 2.29. The molecule has 0 atom stereocenters. The van der Waals surface area contributed by atoms with Crippen LogP contribution in [-0.4, -0.2) is 37.5 Å². The maximum absolute atomic E-state index is 13.0. The summed E-state index contributed by atoms with van der Waals surface area (Å²) >= 11 is 0. The lowest BCUT2D eigenvalue weighted by molar-refractivity contribution is -0.115. The summed E-state index contributed by atoms with van der Waals surface area (Å²) in [6, 6.07) is 26.0. The van der Waals surface area contributed by atoms with Gasteiger partial charge in [0.2, 0.25) is 15.9 Å². The van der Waals surface area contributed by atoms with Crippen LogP contribution in [0.15, 0.2) is 95.9 Å². The number of amides is 1. The fraction of sp³-hybridized carbons (Fsp3) is 0.257. The Hall–Kier alpha value is -4.67. The number of nitrogens with one attached hydrogen (secondary N) is 2. The number of benzene rings is 4. The number of hydrogen-bond acceptors (Lipinski definition) is 6. The molecule has 234 valence electrons. The molecule has 9 nitrogen and oxygen atoms in total. The van der Waals surface area contributed by atoms with Gasteiger partial charge in [0.25, 0.3) is 0 Å². The number of carboxylic acids is 1. The molecule has 0 spiro atoms. The summed E-state index contributed by atoms with van der Waals surface area (Å²) in [5, 5.41) is 12.0. The van der Waals surface area contributed by atoms with E-state index in [2.05, 4.69) is 10.0 Å². The number of anilines is 1. The number of para-hydroxylation sites is 1. The number of rotatable bonds is 11. The van der Waals surface area contributed by atoms with Crippen LogP contribution in [-0.2, 0) is 21.2 Å². The number of sulfonamides is 1. The van der Waals surface area contributed by atoms with E-state index in [9.17, 15) is 23.1 Å². The Balaban J connectivity index is 1.08. The Morgan fingerprint density at radius 3 is 2.11 bits per heavy atom. The fourth-order valence-corrected chi connectivity index (χ4v) is 6.96. The van der Waals surface area contributed by atoms with Crippen molar-refractivity contribution in [2.24, 2.45) is 0 Å². The Morgan fingerprint density at radius 2 is 1.44 bits per heavy atom. The molecule has 4 aromatic carbocycles. The smallest absolute Gasteiger partial charge is 0.337 e. The number of carbonyl (C=O) groups is 2. The highest BCUT2D eigenvalue weighted by atomic mass is 32.2. The molecule has 0 bridgehead atoms. The van der Waals surface area contributed by atoms with E-state index in [0.717, 1.165) is 29.5 Å². The van der Waals surface area contributed by atoms with Crippen molar-refractivity contribution in [1.82, 2.24) is 4.72 Å². The third-order valence-corrected chi connectivity index (χ3v) is 9.37. The van der Waals surface area contributed by atoms with E-state index in [0.29, 0.717) is 35.0 Å². The van der Waals surface area contributed by atoms with E-state index < -0.39 is 16.0 Å². The van der Waals surface area contributed by atoms with Crippen molar-refractivity contribution < 1.29 is 32.6 Å². The molecule has 1 saturated carbocycles. The lowest BCUT2D eigenvalue weighted by Gasteiger charge is -2.29. The van der Waals surface area contributed by atoms with Crippen LogP contribution in [0.3, 0.4) is 0 Å². The molecule has 1 aliphatic carbocycles. The molecule has 0 aliphatic heterocycles. The first-order valence-corrected chi connectivity index (χ1v) is 16.3. The van der Waals surface area contributed by atoms with Gasteiger partial charge in [0.1, 0.15) is 17.2 Å². The van der Waals surface area contributed by atoms with E-state index in [1.165, 1.54) is 6.07 Å². The summed E-state index contributed by atoms with van der Waals surface area (Å²) in [6.45, 7) is 3.69. The minimum atomic E-state index is -3.58. The average molecular weight is 629 g/mol. The molecule has 1 amide bonds. The van der Waals surface area contributed by atoms with E-state index in [4.69, 9.17) is 9.47 Å². The normalized spacial score (nSPS) is 16.5. The maximum Gasteiger partial charge on any atom is 0.337 e. The van der Waals surface area contributed by atoms with Gasteiger partial charge in [-0.05, 0) is 111 Å². The summed E-state index contributed by atoms with van der Waals surface area (Å²) in [5.41, 5.74) is 2.69. The quantitative estimate of drug-likeness (QED) is 0.170. The topological polar surface area (TPSA) is 131 Å². The second-order valence-electron chi connectivity index (χ2n) is 11.3. The molecule has 0 aromatic heterocycles. The van der Waals surface area contributed by atoms with Gasteiger partial charge in [0, 0.05) is 6.04 Å². The van der Waals surface area contributed by atoms with Gasteiger partial charge in [-0.15, -0.1) is 0 Å². The zero-order chi connectivity index (χ0) is 32.0. The van der Waals surface area contributed by atoms with Crippen molar-refractivity contribution in [3.05, 3.63) is 113 Å². The molecule has 5 rings (SSSR count). The van der Waals surface area contributed by atoms with Crippen LogP contribution >= 0.6 is 0 Å². The first-order valence-electron chi connectivity index (χ1n) is 14.8. The first-order chi connectivity index (χ1) is 21.6. The summed E-state index contributed by atoms with van der Waals surface area (Å²) < 4.78 is 40.9. The third-order valence-electron chi connectivity index (χ3n) is 7.71. The van der Waals surface area contributed by atoms with Gasteiger partial charge >= 0.3 is 5.97 Å². The van der Waals surface area contributed by atoms with Crippen LogP contribution in [0.4, 0.5) is 5.69 Å². The monoisotopic (exact) mass is 628 g/mol. The van der Waals surface area contributed by atoms with Gasteiger partial charge in [-0.3, -0.25) is 4.79 Å². The summed E-state index contributed by atoms with van der Waals surface area (Å²) in [6.07, 6.45) is 2.97. The number of hydrogen-bond donors (Lipinski definition) is 3. The lowest BCUT2D eigenvalue weighted by Crippen LogP contribution is -2.39. The Labute approximate surface area is 263 Å². The van der Waals surface area contributed by atoms with Gasteiger partial charge in [-0.2, -0.15) is 0 Å². The van der Waals surface area contributed by atoms with E-state index >= 15 is 0 Å². The predicted octanol–water partition coefficient (Wildman–Crippen LogP) is 6.64. The second kappa shape index (κ2) is 14.0. The van der Waals surface area contributed by atoms with Crippen LogP contribution in [0, 0.1) is 13.8 Å². The van der Waals surface area contributed by atoms with Gasteiger partial charge in [-0.25, -0.2) is 17.9 Å². The summed E-state index contributed by atoms with van der Waals surface area (Å²) in [4.78, 5) is 24.2. The molecule has 0 radical (unpaired) electrons. The molecule has 45 heavy (non-hydrogen) atoms. The van der Waals surface area contributed by atoms with Gasteiger partial charge in [0.05, 0.1) is 28.7 Å². The van der Waals surface area contributed by atoms with Crippen LogP contribution in [0.2, 0.25) is 0 Å². The van der Waals surface area contributed by atoms with Crippen LogP contribution in [0.25, 0.3) is 0 Å². The Bertz CT molecular complexity index is 1760. The molecular formula is C35H36N2O7S. The second-order valence-corrected chi connectivity index (χ2v) is 13.0. The van der Waals surface area contributed by atoms with Crippen molar-refractivity contribution in [1.29, 1.82) is 0 Å². The molecule has 3 N–H and O–H groups in total. The predicted molar refractivity (Wildman–Crippen MR) is 172 cm³/mol. The number of carboxylic acid groups (broad SMARTS) is 1. The number of carbonyl (C=O) groups excluding carboxylic acids is 1. The largest absolute Gasteiger partial charge is 0.490 e. The Kier molecular flexibility index (Phi) is 9.85. The first kappa shape index (κ1) is 31.7. The molecule has 0 saturated heterocycles. The van der Waals surface area contributed by atoms with Crippen molar-refractivity contribution in [2.45, 2.75) is 63.0 Å². The molecule has 1 aliphatic rings. The highest BCUT2D eigenvalue weighted by Gasteiger charge is 2.27. The van der Waals surface area contributed by atoms with Crippen molar-refractivity contribution in [3.8, 4) is 17.2 Å². The summed E-state index contributed by atoms with van der Waals surface area (Å²) in [5.74, 6) is 0.521. The fourth-order valence-electron chi connectivity index (χ4n) is 5.33. The van der Waals surface area contributed by atoms with Crippen LogP contribution < -0.4 is 19.5 Å². The zero-order valence-electron chi connectivity index (χ0n) is 25.2. The number of aryl methyl sites for hydroxylation is 2. The van der Waals surface area contributed by atoms with E-state index in [1.54, 1.807) is 48.5 Å². The molecule has 0 heterocycles. The van der Waals surface area contributed by atoms with Crippen molar-refractivity contribution in [3.63, 3.8) is 0 Å². The van der Waals surface area contributed by atoms with E-state index in [1.807, 2.05) is 50.2 Å². The van der Waals surface area contributed by atoms with Crippen molar-refractivity contribution in [2.75, 3.05) is 5.32 Å². The highest BCUT2D eigenvalue weighted by molar-refractivity contribution is 7.89. The minimum absolute atomic E-state index is 0.000537. The number of ether oxygens (including phenoxy) is 2. The average Bonchev–Trinajstić information content (AvgIpc) is 3.01. The van der Waals surface area contributed by atoms with E-state index in [-0.39, 0.29) is 35.7 Å². The Morgan fingerprint density at radius 1 is 0.822 bits per heavy atom. The molecule has 4 aromatic rings. The molecular weight excluding hydrogens is 592 g/mol. The van der Waals surface area contributed by atoms with Gasteiger partial charge in [0.15, 0.2) is 0 Å².